The van der Waals surface area contributed by atoms with Gasteiger partial charge in [0, 0.05) is 5.56 Å². The van der Waals surface area contributed by atoms with Gasteiger partial charge in [0.25, 0.3) is 6.43 Å². The van der Waals surface area contributed by atoms with Crippen LogP contribution in [0.1, 0.15) is 47.3 Å². The van der Waals surface area contributed by atoms with Crippen LogP contribution in [0.4, 0.5) is 8.78 Å². The minimum Gasteiger partial charge on any atom is -0.462 e. The third-order valence-corrected chi connectivity index (χ3v) is 2.48. The van der Waals surface area contributed by atoms with E-state index in [2.05, 4.69) is 0 Å². The van der Waals surface area contributed by atoms with Gasteiger partial charge < -0.3 is 4.74 Å². The topological polar surface area (TPSA) is 50.1 Å². The minimum absolute atomic E-state index is 0.116. The molecule has 0 aliphatic heterocycles. The summed E-state index contributed by atoms with van der Waals surface area (Å²) in [5.41, 5.74) is -0.0318. The molecule has 1 rings (SSSR count). The number of ether oxygens (including phenoxy) is 1. The summed E-state index contributed by atoms with van der Waals surface area (Å²) in [4.78, 5) is 11.7. The average Bonchev–Trinajstić information content (AvgIpc) is 2.37. The summed E-state index contributed by atoms with van der Waals surface area (Å²) < 4.78 is 30.7. The zero-order chi connectivity index (χ0) is 13.7. The summed E-state index contributed by atoms with van der Waals surface area (Å²) in [5.74, 6) is -0.769. The fraction of sp³-hybridized carbons (Fsp3) is 0.385. The maximum Gasteiger partial charge on any atom is 0.338 e. The number of halogens is 2. The molecule has 96 valence electrons. The van der Waals surface area contributed by atoms with Gasteiger partial charge in [0.05, 0.1) is 23.8 Å². The first-order chi connectivity index (χ1) is 8.54. The molecule has 0 fully saturated rings. The van der Waals surface area contributed by atoms with Crippen LogP contribution in [-0.4, -0.2) is 12.6 Å². The molecular weight excluding hydrogens is 240 g/mol. The second kappa shape index (κ2) is 6.10. The second-order valence-corrected chi connectivity index (χ2v) is 3.59. The zero-order valence-electron chi connectivity index (χ0n) is 10.2. The van der Waals surface area contributed by atoms with Crippen molar-refractivity contribution < 1.29 is 18.3 Å². The monoisotopic (exact) mass is 253 g/mol. The summed E-state index contributed by atoms with van der Waals surface area (Å²) in [5, 5.41) is 8.79. The molecule has 0 heterocycles. The molecule has 0 bridgehead atoms. The quantitative estimate of drug-likeness (QED) is 0.774. The van der Waals surface area contributed by atoms with Crippen molar-refractivity contribution in [3.63, 3.8) is 0 Å². The van der Waals surface area contributed by atoms with E-state index >= 15 is 0 Å². The molecule has 0 spiro atoms. The van der Waals surface area contributed by atoms with Gasteiger partial charge in [0.15, 0.2) is 0 Å². The van der Waals surface area contributed by atoms with Gasteiger partial charge in [-0.3, -0.25) is 0 Å². The van der Waals surface area contributed by atoms with Gasteiger partial charge in [0.2, 0.25) is 0 Å². The fourth-order valence-corrected chi connectivity index (χ4v) is 1.69. The van der Waals surface area contributed by atoms with E-state index in [1.807, 2.05) is 6.07 Å². The van der Waals surface area contributed by atoms with E-state index in [-0.39, 0.29) is 17.7 Å². The molecule has 1 aromatic carbocycles. The Morgan fingerprint density at radius 2 is 2.11 bits per heavy atom. The minimum atomic E-state index is -2.82. The van der Waals surface area contributed by atoms with Gasteiger partial charge in [0.1, 0.15) is 0 Å². The average molecular weight is 253 g/mol. The number of aryl methyl sites for hydroxylation is 1. The van der Waals surface area contributed by atoms with Crippen molar-refractivity contribution in [2.75, 3.05) is 6.61 Å². The lowest BCUT2D eigenvalue weighted by Gasteiger charge is -2.13. The van der Waals surface area contributed by atoms with Crippen LogP contribution in [0.5, 0.6) is 0 Å². The van der Waals surface area contributed by atoms with Gasteiger partial charge in [-0.05, 0) is 31.0 Å². The molecule has 18 heavy (non-hydrogen) atoms. The van der Waals surface area contributed by atoms with E-state index in [0.717, 1.165) is 6.07 Å². The normalized spacial score (nSPS) is 10.2. The number of rotatable bonds is 4. The van der Waals surface area contributed by atoms with Crippen LogP contribution in [0.2, 0.25) is 0 Å². The number of esters is 1. The highest BCUT2D eigenvalue weighted by Gasteiger charge is 2.23. The number of carbonyl (C=O) groups is 1. The molecule has 5 heteroatoms. The van der Waals surface area contributed by atoms with E-state index in [1.165, 1.54) is 6.07 Å². The summed E-state index contributed by atoms with van der Waals surface area (Å²) in [6.07, 6.45) is -2.44. The molecule has 0 aliphatic carbocycles. The molecule has 0 saturated carbocycles. The number of hydrogen-bond donors (Lipinski definition) is 0. The Labute approximate surface area is 104 Å². The van der Waals surface area contributed by atoms with Crippen molar-refractivity contribution in [2.24, 2.45) is 0 Å². The standard InChI is InChI=1S/C13H13F2NO2/c1-3-9-5-8(7-16)6-10(12(14)15)11(9)13(17)18-4-2/h5-6,12H,3-4H2,1-2H3. The Morgan fingerprint density at radius 3 is 2.56 bits per heavy atom. The van der Waals surface area contributed by atoms with E-state index < -0.39 is 18.0 Å². The Morgan fingerprint density at radius 1 is 1.44 bits per heavy atom. The first kappa shape index (κ1) is 14.1. The highest BCUT2D eigenvalue weighted by atomic mass is 19.3. The molecule has 0 radical (unpaired) electrons. The summed E-state index contributed by atoms with van der Waals surface area (Å²) in [6, 6.07) is 4.29. The first-order valence-corrected chi connectivity index (χ1v) is 5.57. The number of nitriles is 1. The molecule has 3 nitrogen and oxygen atoms in total. The highest BCUT2D eigenvalue weighted by molar-refractivity contribution is 5.93. The summed E-state index contributed by atoms with van der Waals surface area (Å²) in [6.45, 7) is 3.45. The Balaban J connectivity index is 3.45. The molecule has 0 saturated heterocycles. The van der Waals surface area contributed by atoms with E-state index in [9.17, 15) is 13.6 Å². The molecule has 0 unspecified atom stereocenters. The van der Waals surface area contributed by atoms with Crippen LogP contribution in [0.3, 0.4) is 0 Å². The third-order valence-electron chi connectivity index (χ3n) is 2.48. The number of carbonyl (C=O) groups excluding carboxylic acids is 1. The predicted octanol–water partition coefficient (Wildman–Crippen LogP) is 3.23. The maximum absolute atomic E-state index is 12.9. The molecule has 1 aromatic rings. The van der Waals surface area contributed by atoms with Crippen molar-refractivity contribution in [2.45, 2.75) is 26.7 Å². The van der Waals surface area contributed by atoms with Crippen LogP contribution in [0.25, 0.3) is 0 Å². The van der Waals surface area contributed by atoms with Crippen LogP contribution in [0.15, 0.2) is 12.1 Å². The van der Waals surface area contributed by atoms with Crippen LogP contribution in [0, 0.1) is 11.3 Å². The number of alkyl halides is 2. The maximum atomic E-state index is 12.9. The lowest BCUT2D eigenvalue weighted by atomic mass is 9.96. The largest absolute Gasteiger partial charge is 0.462 e. The van der Waals surface area contributed by atoms with Crippen molar-refractivity contribution in [3.8, 4) is 6.07 Å². The SMILES string of the molecule is CCOC(=O)c1c(CC)cc(C#N)cc1C(F)F. The summed E-state index contributed by atoms with van der Waals surface area (Å²) in [7, 11) is 0. The number of hydrogen-bond acceptors (Lipinski definition) is 3. The molecule has 0 N–H and O–H groups in total. The van der Waals surface area contributed by atoms with Gasteiger partial charge in [-0.1, -0.05) is 6.92 Å². The van der Waals surface area contributed by atoms with Gasteiger partial charge in [-0.2, -0.15) is 5.26 Å². The van der Waals surface area contributed by atoms with Crippen LogP contribution >= 0.6 is 0 Å². The smallest absolute Gasteiger partial charge is 0.338 e. The molecule has 0 amide bonds. The Kier molecular flexibility index (Phi) is 4.78. The van der Waals surface area contributed by atoms with Gasteiger partial charge in [-0.15, -0.1) is 0 Å². The van der Waals surface area contributed by atoms with Crippen molar-refractivity contribution in [3.05, 3.63) is 34.4 Å². The van der Waals surface area contributed by atoms with E-state index in [4.69, 9.17) is 10.00 Å². The van der Waals surface area contributed by atoms with E-state index in [1.54, 1.807) is 13.8 Å². The van der Waals surface area contributed by atoms with Crippen LogP contribution in [-0.2, 0) is 11.2 Å². The summed E-state index contributed by atoms with van der Waals surface area (Å²) >= 11 is 0. The van der Waals surface area contributed by atoms with Gasteiger partial charge >= 0.3 is 5.97 Å². The Bertz CT molecular complexity index is 492. The number of benzene rings is 1. The van der Waals surface area contributed by atoms with Gasteiger partial charge in [-0.25, -0.2) is 13.6 Å². The lowest BCUT2D eigenvalue weighted by Crippen LogP contribution is -2.12. The molecule has 0 aromatic heterocycles. The van der Waals surface area contributed by atoms with Crippen molar-refractivity contribution in [1.82, 2.24) is 0 Å². The molecule has 0 atom stereocenters. The molecule has 0 aliphatic rings. The molecular formula is C13H13F2NO2. The zero-order valence-corrected chi connectivity index (χ0v) is 10.2. The van der Waals surface area contributed by atoms with Crippen LogP contribution < -0.4 is 0 Å². The highest BCUT2D eigenvalue weighted by Crippen LogP contribution is 2.28. The third kappa shape index (κ3) is 2.83. The van der Waals surface area contributed by atoms with Crippen molar-refractivity contribution in [1.29, 1.82) is 5.26 Å². The first-order valence-electron chi connectivity index (χ1n) is 5.57. The lowest BCUT2D eigenvalue weighted by molar-refractivity contribution is 0.0514. The number of nitrogens with zero attached hydrogens (tertiary/aromatic N) is 1. The predicted molar refractivity (Wildman–Crippen MR) is 61.4 cm³/mol. The fourth-order valence-electron chi connectivity index (χ4n) is 1.69. The second-order valence-electron chi connectivity index (χ2n) is 3.59. The Hall–Kier alpha value is -1.96. The van der Waals surface area contributed by atoms with Crippen molar-refractivity contribution >= 4 is 5.97 Å². The van der Waals surface area contributed by atoms with E-state index in [0.29, 0.717) is 12.0 Å².